The molecule has 0 heterocycles. The lowest BCUT2D eigenvalue weighted by Crippen LogP contribution is -2.32. The number of nitrogens with zero attached hydrogens (tertiary/aromatic N) is 1. The van der Waals surface area contributed by atoms with Crippen LogP contribution in [0.25, 0.3) is 0 Å². The third-order valence-corrected chi connectivity index (χ3v) is 9.50. The predicted octanol–water partition coefficient (Wildman–Crippen LogP) is 5.77. The monoisotopic (exact) mass is 419 g/mol. The van der Waals surface area contributed by atoms with Crippen LogP contribution in [0.5, 0.6) is 0 Å². The zero-order chi connectivity index (χ0) is 21.5. The molecule has 4 aromatic rings. The van der Waals surface area contributed by atoms with E-state index in [1.54, 1.807) is 0 Å². The molecule has 0 saturated heterocycles. The standard InChI is InChI=1S/C28H24N2P/c1-23-17-19-24(20-18-23)30-22-28(21-29)31(25-11-5-2-6-12-25,26-13-7-3-8-14-26)27-15-9-4-10-16-27/h2-20,22,30H,1H3/q+1. The molecule has 2 nitrogen and oxygen atoms in total. The number of rotatable bonds is 6. The molecule has 1 N–H and O–H groups in total. The zero-order valence-electron chi connectivity index (χ0n) is 17.4. The minimum absolute atomic E-state index is 0.733. The molecule has 0 unspecified atom stereocenters. The maximum atomic E-state index is 10.4. The summed E-state index contributed by atoms with van der Waals surface area (Å²) in [6, 6.07) is 42.0. The molecule has 4 aromatic carbocycles. The molecule has 0 radical (unpaired) electrons. The topological polar surface area (TPSA) is 35.8 Å². The summed E-state index contributed by atoms with van der Waals surface area (Å²) in [4.78, 5) is 0. The van der Waals surface area contributed by atoms with E-state index in [4.69, 9.17) is 0 Å². The first-order valence-electron chi connectivity index (χ1n) is 10.2. The van der Waals surface area contributed by atoms with Crippen molar-refractivity contribution in [3.63, 3.8) is 0 Å². The molecule has 0 bridgehead atoms. The lowest BCUT2D eigenvalue weighted by Gasteiger charge is -2.26. The fraction of sp³-hybridized carbons (Fsp3) is 0.0357. The summed E-state index contributed by atoms with van der Waals surface area (Å²) >= 11 is 0. The molecule has 31 heavy (non-hydrogen) atoms. The number of nitrogens with one attached hydrogen (secondary N) is 1. The first-order chi connectivity index (χ1) is 15.2. The molecule has 4 rings (SSSR count). The van der Waals surface area contributed by atoms with Gasteiger partial charge in [0, 0.05) is 5.69 Å². The van der Waals surface area contributed by atoms with Crippen molar-refractivity contribution in [3.8, 4) is 6.07 Å². The first-order valence-corrected chi connectivity index (χ1v) is 12.0. The molecule has 0 spiro atoms. The molecule has 0 atom stereocenters. The van der Waals surface area contributed by atoms with Gasteiger partial charge in [-0.1, -0.05) is 72.3 Å². The number of benzene rings is 4. The fourth-order valence-electron chi connectivity index (χ4n) is 3.82. The highest BCUT2D eigenvalue weighted by Gasteiger charge is 2.50. The summed E-state index contributed by atoms with van der Waals surface area (Å²) in [6.45, 7) is 2.07. The van der Waals surface area contributed by atoms with Gasteiger partial charge in [0.2, 0.25) is 5.31 Å². The Labute approximate surface area is 184 Å². The van der Waals surface area contributed by atoms with Gasteiger partial charge >= 0.3 is 0 Å². The number of nitriles is 1. The average molecular weight is 419 g/mol. The van der Waals surface area contributed by atoms with Gasteiger partial charge in [-0.15, -0.1) is 0 Å². The van der Waals surface area contributed by atoms with Gasteiger partial charge in [0.15, 0.2) is 7.26 Å². The van der Waals surface area contributed by atoms with Gasteiger partial charge in [-0.05, 0) is 55.5 Å². The Kier molecular flexibility index (Phi) is 6.27. The Morgan fingerprint density at radius 3 is 1.48 bits per heavy atom. The molecule has 0 fully saturated rings. The number of aryl methyl sites for hydroxylation is 1. The second-order valence-electron chi connectivity index (χ2n) is 7.33. The predicted molar refractivity (Wildman–Crippen MR) is 134 cm³/mol. The van der Waals surface area contributed by atoms with Crippen LogP contribution in [0.2, 0.25) is 0 Å². The lowest BCUT2D eigenvalue weighted by atomic mass is 10.2. The van der Waals surface area contributed by atoms with Crippen LogP contribution < -0.4 is 21.2 Å². The van der Waals surface area contributed by atoms with Gasteiger partial charge in [0.05, 0.1) is 6.20 Å². The highest BCUT2D eigenvalue weighted by atomic mass is 31.2. The average Bonchev–Trinajstić information content (AvgIpc) is 2.84. The quantitative estimate of drug-likeness (QED) is 0.318. The molecule has 0 aliphatic heterocycles. The van der Waals surface area contributed by atoms with Crippen LogP contribution in [0.3, 0.4) is 0 Å². The normalized spacial score (nSPS) is 11.5. The number of anilines is 1. The minimum atomic E-state index is -2.37. The first kappa shape index (κ1) is 20.6. The van der Waals surface area contributed by atoms with Gasteiger partial charge in [0.25, 0.3) is 0 Å². The van der Waals surface area contributed by atoms with E-state index >= 15 is 0 Å². The van der Waals surface area contributed by atoms with Crippen molar-refractivity contribution in [2.45, 2.75) is 6.92 Å². The van der Waals surface area contributed by atoms with Crippen molar-refractivity contribution in [1.29, 1.82) is 5.26 Å². The Balaban J connectivity index is 1.97. The van der Waals surface area contributed by atoms with Gasteiger partial charge in [-0.2, -0.15) is 5.26 Å². The second kappa shape index (κ2) is 9.43. The van der Waals surface area contributed by atoms with E-state index in [1.807, 2.05) is 36.5 Å². The van der Waals surface area contributed by atoms with E-state index < -0.39 is 7.26 Å². The largest absolute Gasteiger partial charge is 0.358 e. The van der Waals surface area contributed by atoms with E-state index in [2.05, 4.69) is 103 Å². The Morgan fingerprint density at radius 2 is 1.10 bits per heavy atom. The van der Waals surface area contributed by atoms with Crippen molar-refractivity contribution in [2.75, 3.05) is 5.32 Å². The summed E-state index contributed by atoms with van der Waals surface area (Å²) in [5, 5.41) is 18.0. The van der Waals surface area contributed by atoms with E-state index in [-0.39, 0.29) is 0 Å². The highest BCUT2D eigenvalue weighted by Crippen LogP contribution is 2.62. The fourth-order valence-corrected chi connectivity index (χ4v) is 7.82. The third kappa shape index (κ3) is 4.15. The van der Waals surface area contributed by atoms with Gasteiger partial charge in [-0.25, -0.2) is 0 Å². The molecule has 150 valence electrons. The molecular formula is C28H24N2P+. The van der Waals surface area contributed by atoms with E-state index in [0.717, 1.165) is 26.9 Å². The summed E-state index contributed by atoms with van der Waals surface area (Å²) < 4.78 is 0. The molecule has 3 heteroatoms. The number of hydrogen-bond donors (Lipinski definition) is 1. The maximum absolute atomic E-state index is 10.4. The van der Waals surface area contributed by atoms with E-state index in [1.165, 1.54) is 5.56 Å². The number of hydrogen-bond acceptors (Lipinski definition) is 2. The lowest BCUT2D eigenvalue weighted by molar-refractivity contribution is 1.45. The van der Waals surface area contributed by atoms with Crippen LogP contribution in [0.1, 0.15) is 5.56 Å². The van der Waals surface area contributed by atoms with Gasteiger partial charge < -0.3 is 5.32 Å². The molecule has 0 aliphatic carbocycles. The van der Waals surface area contributed by atoms with Crippen LogP contribution in [0.4, 0.5) is 5.69 Å². The minimum Gasteiger partial charge on any atom is -0.358 e. The van der Waals surface area contributed by atoms with E-state index in [9.17, 15) is 5.26 Å². The Hall–Kier alpha value is -3.66. The van der Waals surface area contributed by atoms with E-state index in [0.29, 0.717) is 0 Å². The Morgan fingerprint density at radius 1 is 0.677 bits per heavy atom. The summed E-state index contributed by atoms with van der Waals surface area (Å²) in [5.74, 6) is 0. The van der Waals surface area contributed by atoms with Crippen LogP contribution in [0, 0.1) is 18.3 Å². The van der Waals surface area contributed by atoms with Crippen molar-refractivity contribution < 1.29 is 0 Å². The summed E-state index contributed by atoms with van der Waals surface area (Å²) in [7, 11) is -2.37. The third-order valence-electron chi connectivity index (χ3n) is 5.33. The smallest absolute Gasteiger partial charge is 0.201 e. The number of allylic oxidation sites excluding steroid dienone is 1. The van der Waals surface area contributed by atoms with Crippen molar-refractivity contribution in [1.82, 2.24) is 0 Å². The van der Waals surface area contributed by atoms with Crippen molar-refractivity contribution in [3.05, 3.63) is 132 Å². The van der Waals surface area contributed by atoms with Crippen molar-refractivity contribution in [2.24, 2.45) is 0 Å². The van der Waals surface area contributed by atoms with Crippen molar-refractivity contribution >= 4 is 28.9 Å². The van der Waals surface area contributed by atoms with Gasteiger partial charge in [0.1, 0.15) is 22.0 Å². The summed E-state index contributed by atoms with van der Waals surface area (Å²) in [5.41, 5.74) is 2.17. The Bertz CT molecular complexity index is 1100. The van der Waals surface area contributed by atoms with Crippen LogP contribution in [0.15, 0.2) is 127 Å². The SMILES string of the molecule is Cc1ccc(NC=C(C#N)[P+](c2ccccc2)(c2ccccc2)c2ccccc2)cc1. The molecule has 0 aromatic heterocycles. The highest BCUT2D eigenvalue weighted by molar-refractivity contribution is 7.99. The zero-order valence-corrected chi connectivity index (χ0v) is 18.3. The molecular weight excluding hydrogens is 395 g/mol. The summed E-state index contributed by atoms with van der Waals surface area (Å²) in [6.07, 6.45) is 1.89. The molecule has 0 saturated carbocycles. The molecule has 0 aliphatic rings. The van der Waals surface area contributed by atoms with Crippen LogP contribution in [-0.2, 0) is 0 Å². The molecule has 0 amide bonds. The maximum Gasteiger partial charge on any atom is 0.201 e. The second-order valence-corrected chi connectivity index (χ2v) is 10.7. The van der Waals surface area contributed by atoms with Gasteiger partial charge in [-0.3, -0.25) is 0 Å². The van der Waals surface area contributed by atoms with Crippen LogP contribution in [-0.4, -0.2) is 0 Å². The van der Waals surface area contributed by atoms with Crippen LogP contribution >= 0.6 is 7.26 Å².